The smallest absolute Gasteiger partial charge is 0.151 e. The van der Waals surface area contributed by atoms with Crippen LogP contribution in [0.4, 0.5) is 5.82 Å². The highest BCUT2D eigenvalue weighted by molar-refractivity contribution is 5.36. The van der Waals surface area contributed by atoms with Crippen LogP contribution >= 0.6 is 0 Å². The highest BCUT2D eigenvalue weighted by atomic mass is 15.3. The van der Waals surface area contributed by atoms with Crippen LogP contribution in [0.1, 0.15) is 18.5 Å². The van der Waals surface area contributed by atoms with Gasteiger partial charge in [-0.25, -0.2) is 0 Å². The SMILES string of the molecule is Cc1ccc(N(C)C[C@H]2CCCN2)nn1. The summed E-state index contributed by atoms with van der Waals surface area (Å²) >= 11 is 0. The Morgan fingerprint density at radius 1 is 1.47 bits per heavy atom. The van der Waals surface area contributed by atoms with Gasteiger partial charge in [-0.2, -0.15) is 5.10 Å². The monoisotopic (exact) mass is 206 g/mol. The van der Waals surface area contributed by atoms with Crippen molar-refractivity contribution in [2.75, 3.05) is 25.0 Å². The first kappa shape index (κ1) is 10.4. The van der Waals surface area contributed by atoms with Gasteiger partial charge in [0.05, 0.1) is 5.69 Å². The Balaban J connectivity index is 1.94. The Kier molecular flexibility index (Phi) is 3.16. The van der Waals surface area contributed by atoms with Crippen molar-refractivity contribution in [3.63, 3.8) is 0 Å². The van der Waals surface area contributed by atoms with E-state index in [0.717, 1.165) is 24.6 Å². The predicted octanol–water partition coefficient (Wildman–Crippen LogP) is 0.973. The highest BCUT2D eigenvalue weighted by Crippen LogP contribution is 2.11. The van der Waals surface area contributed by atoms with Crippen LogP contribution in [-0.2, 0) is 0 Å². The van der Waals surface area contributed by atoms with Gasteiger partial charge in [0, 0.05) is 19.6 Å². The molecule has 0 radical (unpaired) electrons. The third-order valence-corrected chi connectivity index (χ3v) is 2.83. The maximum Gasteiger partial charge on any atom is 0.151 e. The van der Waals surface area contributed by atoms with Crippen LogP contribution in [0.2, 0.25) is 0 Å². The van der Waals surface area contributed by atoms with Crippen LogP contribution in [-0.4, -0.2) is 36.4 Å². The van der Waals surface area contributed by atoms with Crippen molar-refractivity contribution in [3.8, 4) is 0 Å². The molecule has 0 bridgehead atoms. The van der Waals surface area contributed by atoms with E-state index in [9.17, 15) is 0 Å². The quantitative estimate of drug-likeness (QED) is 0.800. The molecule has 1 aromatic heterocycles. The van der Waals surface area contributed by atoms with E-state index < -0.39 is 0 Å². The van der Waals surface area contributed by atoms with Gasteiger partial charge in [0.15, 0.2) is 5.82 Å². The molecule has 1 N–H and O–H groups in total. The molecule has 0 amide bonds. The first-order valence-corrected chi connectivity index (χ1v) is 5.50. The fourth-order valence-corrected chi connectivity index (χ4v) is 1.93. The summed E-state index contributed by atoms with van der Waals surface area (Å²) in [5.41, 5.74) is 0.964. The van der Waals surface area contributed by atoms with Gasteiger partial charge in [0.1, 0.15) is 0 Å². The predicted molar refractivity (Wildman–Crippen MR) is 61.1 cm³/mol. The zero-order valence-corrected chi connectivity index (χ0v) is 9.40. The summed E-state index contributed by atoms with van der Waals surface area (Å²) in [6.45, 7) is 4.12. The molecule has 82 valence electrons. The number of anilines is 1. The van der Waals surface area contributed by atoms with E-state index in [4.69, 9.17) is 0 Å². The van der Waals surface area contributed by atoms with E-state index in [-0.39, 0.29) is 0 Å². The number of hydrogen-bond donors (Lipinski definition) is 1. The minimum Gasteiger partial charge on any atom is -0.357 e. The summed E-state index contributed by atoms with van der Waals surface area (Å²) in [6, 6.07) is 4.64. The number of nitrogens with one attached hydrogen (secondary N) is 1. The Morgan fingerprint density at radius 3 is 2.93 bits per heavy atom. The summed E-state index contributed by atoms with van der Waals surface area (Å²) in [5, 5.41) is 11.7. The minimum absolute atomic E-state index is 0.609. The molecule has 0 spiro atoms. The van der Waals surface area contributed by atoms with Crippen molar-refractivity contribution in [2.45, 2.75) is 25.8 Å². The van der Waals surface area contributed by atoms with Gasteiger partial charge in [0.2, 0.25) is 0 Å². The lowest BCUT2D eigenvalue weighted by Crippen LogP contribution is -2.35. The Labute approximate surface area is 90.7 Å². The normalized spacial score (nSPS) is 20.5. The zero-order chi connectivity index (χ0) is 10.7. The van der Waals surface area contributed by atoms with E-state index in [1.165, 1.54) is 12.8 Å². The number of aryl methyl sites for hydroxylation is 1. The van der Waals surface area contributed by atoms with Crippen molar-refractivity contribution >= 4 is 5.82 Å². The third-order valence-electron chi connectivity index (χ3n) is 2.83. The summed E-state index contributed by atoms with van der Waals surface area (Å²) in [6.07, 6.45) is 2.56. The fraction of sp³-hybridized carbons (Fsp3) is 0.636. The van der Waals surface area contributed by atoms with Gasteiger partial charge >= 0.3 is 0 Å². The molecular weight excluding hydrogens is 188 g/mol. The first-order valence-electron chi connectivity index (χ1n) is 5.50. The molecule has 0 aliphatic carbocycles. The lowest BCUT2D eigenvalue weighted by Gasteiger charge is -2.21. The fourth-order valence-electron chi connectivity index (χ4n) is 1.93. The van der Waals surface area contributed by atoms with Crippen LogP contribution < -0.4 is 10.2 Å². The van der Waals surface area contributed by atoms with Gasteiger partial charge in [-0.05, 0) is 38.4 Å². The van der Waals surface area contributed by atoms with Crippen molar-refractivity contribution in [2.24, 2.45) is 0 Å². The molecule has 4 nitrogen and oxygen atoms in total. The molecule has 0 saturated carbocycles. The maximum absolute atomic E-state index is 4.17. The van der Waals surface area contributed by atoms with Crippen molar-refractivity contribution in [1.82, 2.24) is 15.5 Å². The zero-order valence-electron chi connectivity index (χ0n) is 9.40. The second-order valence-electron chi connectivity index (χ2n) is 4.21. The van der Waals surface area contributed by atoms with Gasteiger partial charge in [-0.1, -0.05) is 0 Å². The lowest BCUT2D eigenvalue weighted by molar-refractivity contribution is 0.596. The third kappa shape index (κ3) is 2.65. The second kappa shape index (κ2) is 4.57. The largest absolute Gasteiger partial charge is 0.357 e. The molecule has 0 unspecified atom stereocenters. The standard InChI is InChI=1S/C11H18N4/c1-9-5-6-11(14-13-9)15(2)8-10-4-3-7-12-10/h5-6,10,12H,3-4,7-8H2,1-2H3/t10-/m1/s1. The molecule has 1 atom stereocenters. The number of rotatable bonds is 3. The number of hydrogen-bond acceptors (Lipinski definition) is 4. The molecule has 1 saturated heterocycles. The summed E-state index contributed by atoms with van der Waals surface area (Å²) < 4.78 is 0. The molecule has 0 aromatic carbocycles. The molecule has 1 fully saturated rings. The summed E-state index contributed by atoms with van der Waals surface area (Å²) in [7, 11) is 2.07. The van der Waals surface area contributed by atoms with E-state index in [1.54, 1.807) is 0 Å². The summed E-state index contributed by atoms with van der Waals surface area (Å²) in [5.74, 6) is 0.953. The Hall–Kier alpha value is -1.16. The van der Waals surface area contributed by atoms with Gasteiger partial charge < -0.3 is 10.2 Å². The van der Waals surface area contributed by atoms with Crippen LogP contribution in [0.15, 0.2) is 12.1 Å². The van der Waals surface area contributed by atoms with Gasteiger partial charge in [-0.3, -0.25) is 0 Å². The summed E-state index contributed by atoms with van der Waals surface area (Å²) in [4.78, 5) is 2.16. The Bertz CT molecular complexity index is 303. The van der Waals surface area contributed by atoms with Crippen molar-refractivity contribution in [3.05, 3.63) is 17.8 Å². The van der Waals surface area contributed by atoms with Gasteiger partial charge in [0.25, 0.3) is 0 Å². The Morgan fingerprint density at radius 2 is 2.33 bits per heavy atom. The van der Waals surface area contributed by atoms with Crippen LogP contribution in [0.25, 0.3) is 0 Å². The molecule has 1 aromatic rings. The van der Waals surface area contributed by atoms with Crippen LogP contribution in [0.5, 0.6) is 0 Å². The second-order valence-corrected chi connectivity index (χ2v) is 4.21. The van der Waals surface area contributed by atoms with E-state index in [0.29, 0.717) is 6.04 Å². The van der Waals surface area contributed by atoms with Crippen LogP contribution in [0, 0.1) is 6.92 Å². The number of aromatic nitrogens is 2. The van der Waals surface area contributed by atoms with E-state index >= 15 is 0 Å². The number of nitrogens with zero attached hydrogens (tertiary/aromatic N) is 3. The molecule has 1 aliphatic heterocycles. The van der Waals surface area contributed by atoms with Crippen molar-refractivity contribution in [1.29, 1.82) is 0 Å². The van der Waals surface area contributed by atoms with Crippen molar-refractivity contribution < 1.29 is 0 Å². The average molecular weight is 206 g/mol. The van der Waals surface area contributed by atoms with E-state index in [1.807, 2.05) is 19.1 Å². The number of likely N-dealkylation sites (N-methyl/N-ethyl adjacent to an activating group) is 1. The maximum atomic E-state index is 4.17. The molecule has 1 aliphatic rings. The van der Waals surface area contributed by atoms with Crippen LogP contribution in [0.3, 0.4) is 0 Å². The van der Waals surface area contributed by atoms with E-state index in [2.05, 4.69) is 27.5 Å². The molecular formula is C11H18N4. The molecule has 2 rings (SSSR count). The topological polar surface area (TPSA) is 41.0 Å². The lowest BCUT2D eigenvalue weighted by atomic mass is 10.2. The highest BCUT2D eigenvalue weighted by Gasteiger charge is 2.16. The van der Waals surface area contributed by atoms with Gasteiger partial charge in [-0.15, -0.1) is 5.10 Å². The average Bonchev–Trinajstić information content (AvgIpc) is 2.71. The molecule has 15 heavy (non-hydrogen) atoms. The first-order chi connectivity index (χ1) is 7.25. The molecule has 2 heterocycles. The molecule has 4 heteroatoms. The minimum atomic E-state index is 0.609.